The number of hydrogen-bond acceptors (Lipinski definition) is 5. The minimum absolute atomic E-state index is 0.0316. The van der Waals surface area contributed by atoms with E-state index >= 15 is 0 Å². The SMILES string of the molecule is COc1ccc(CCNC(=O)c2ccc(OC)c(S(=O)(=O)N3CC(C)CC(C)C3)c2)cc1. The van der Waals surface area contributed by atoms with E-state index < -0.39 is 10.0 Å². The Morgan fingerprint density at radius 1 is 1.03 bits per heavy atom. The van der Waals surface area contributed by atoms with Gasteiger partial charge < -0.3 is 14.8 Å². The molecule has 32 heavy (non-hydrogen) atoms. The quantitative estimate of drug-likeness (QED) is 0.653. The standard InChI is InChI=1S/C24H32N2O5S/c1-17-13-18(2)16-26(15-17)32(28,29)23-14-20(7-10-22(23)31-4)24(27)25-12-11-19-5-8-21(30-3)9-6-19/h5-10,14,17-18H,11-13,15-16H2,1-4H3,(H,25,27). The molecule has 0 saturated carbocycles. The van der Waals surface area contributed by atoms with Crippen LogP contribution in [0.3, 0.4) is 0 Å². The average molecular weight is 461 g/mol. The van der Waals surface area contributed by atoms with Crippen LogP contribution in [0.5, 0.6) is 11.5 Å². The van der Waals surface area contributed by atoms with Crippen LogP contribution < -0.4 is 14.8 Å². The van der Waals surface area contributed by atoms with Crippen molar-refractivity contribution in [3.05, 3.63) is 53.6 Å². The van der Waals surface area contributed by atoms with Crippen molar-refractivity contribution in [2.75, 3.05) is 33.9 Å². The van der Waals surface area contributed by atoms with Crippen LogP contribution in [0.4, 0.5) is 0 Å². The van der Waals surface area contributed by atoms with Crippen molar-refractivity contribution >= 4 is 15.9 Å². The summed E-state index contributed by atoms with van der Waals surface area (Å²) in [5, 5.41) is 2.87. The van der Waals surface area contributed by atoms with Gasteiger partial charge in [0.25, 0.3) is 5.91 Å². The first-order chi connectivity index (χ1) is 15.2. The van der Waals surface area contributed by atoms with Gasteiger partial charge in [-0.15, -0.1) is 0 Å². The summed E-state index contributed by atoms with van der Waals surface area (Å²) in [5.41, 5.74) is 1.36. The number of sulfonamides is 1. The molecule has 1 heterocycles. The molecule has 2 unspecified atom stereocenters. The number of ether oxygens (including phenoxy) is 2. The number of piperidine rings is 1. The van der Waals surface area contributed by atoms with E-state index in [1.54, 1.807) is 19.2 Å². The maximum absolute atomic E-state index is 13.4. The summed E-state index contributed by atoms with van der Waals surface area (Å²) in [7, 11) is -0.729. The molecule has 7 nitrogen and oxygen atoms in total. The average Bonchev–Trinajstić information content (AvgIpc) is 2.78. The fraction of sp³-hybridized carbons (Fsp3) is 0.458. The number of amides is 1. The Hall–Kier alpha value is -2.58. The molecule has 1 aliphatic rings. The molecule has 1 fully saturated rings. The summed E-state index contributed by atoms with van der Waals surface area (Å²) in [4.78, 5) is 12.7. The molecule has 1 N–H and O–H groups in total. The Morgan fingerprint density at radius 3 is 2.28 bits per heavy atom. The molecule has 0 aromatic heterocycles. The molecule has 1 saturated heterocycles. The largest absolute Gasteiger partial charge is 0.497 e. The van der Waals surface area contributed by atoms with Crippen LogP contribution >= 0.6 is 0 Å². The molecule has 2 aromatic rings. The van der Waals surface area contributed by atoms with E-state index in [1.807, 2.05) is 24.3 Å². The highest BCUT2D eigenvalue weighted by atomic mass is 32.2. The summed E-state index contributed by atoms with van der Waals surface area (Å²) in [6.45, 7) is 5.48. The Labute approximate surface area is 190 Å². The molecule has 174 valence electrons. The lowest BCUT2D eigenvalue weighted by Gasteiger charge is -2.34. The highest BCUT2D eigenvalue weighted by Crippen LogP contribution is 2.32. The number of carbonyl (C=O) groups is 1. The zero-order valence-electron chi connectivity index (χ0n) is 19.1. The Balaban J connectivity index is 1.73. The predicted octanol–water partition coefficient (Wildman–Crippen LogP) is 3.34. The van der Waals surface area contributed by atoms with E-state index in [1.165, 1.54) is 17.5 Å². The van der Waals surface area contributed by atoms with Gasteiger partial charge in [0.05, 0.1) is 14.2 Å². The molecule has 8 heteroatoms. The lowest BCUT2D eigenvalue weighted by atomic mass is 9.94. The van der Waals surface area contributed by atoms with Gasteiger partial charge in [-0.1, -0.05) is 26.0 Å². The van der Waals surface area contributed by atoms with E-state index in [4.69, 9.17) is 9.47 Å². The first-order valence-corrected chi connectivity index (χ1v) is 12.3. The summed E-state index contributed by atoms with van der Waals surface area (Å²) in [6.07, 6.45) is 1.65. The molecule has 0 radical (unpaired) electrons. The molecule has 0 bridgehead atoms. The Bertz CT molecular complexity index is 1030. The van der Waals surface area contributed by atoms with Crippen LogP contribution in [0, 0.1) is 11.8 Å². The summed E-state index contributed by atoms with van der Waals surface area (Å²) >= 11 is 0. The lowest BCUT2D eigenvalue weighted by molar-refractivity contribution is 0.0954. The minimum atomic E-state index is -3.78. The highest BCUT2D eigenvalue weighted by Gasteiger charge is 2.34. The molecule has 2 atom stereocenters. The third-order valence-electron chi connectivity index (χ3n) is 5.74. The second-order valence-corrected chi connectivity index (χ2v) is 10.4. The fourth-order valence-corrected chi connectivity index (χ4v) is 6.04. The molecule has 0 spiro atoms. The number of nitrogens with one attached hydrogen (secondary N) is 1. The van der Waals surface area contributed by atoms with E-state index in [9.17, 15) is 13.2 Å². The number of rotatable bonds is 8. The zero-order valence-corrected chi connectivity index (χ0v) is 19.9. The molecular formula is C24H32N2O5S. The van der Waals surface area contributed by atoms with Gasteiger partial charge in [0, 0.05) is 25.2 Å². The van der Waals surface area contributed by atoms with E-state index in [0.717, 1.165) is 17.7 Å². The van der Waals surface area contributed by atoms with Crippen molar-refractivity contribution in [2.45, 2.75) is 31.6 Å². The van der Waals surface area contributed by atoms with E-state index in [-0.39, 0.29) is 34.0 Å². The monoisotopic (exact) mass is 460 g/mol. The third-order valence-corrected chi connectivity index (χ3v) is 7.59. The van der Waals surface area contributed by atoms with E-state index in [0.29, 0.717) is 26.1 Å². The minimum Gasteiger partial charge on any atom is -0.497 e. The van der Waals surface area contributed by atoms with Crippen LogP contribution in [-0.4, -0.2) is 52.5 Å². The molecule has 0 aliphatic carbocycles. The van der Waals surface area contributed by atoms with Crippen LogP contribution in [-0.2, 0) is 16.4 Å². The second kappa shape index (κ2) is 10.4. The lowest BCUT2D eigenvalue weighted by Crippen LogP contribution is -2.42. The molecule has 2 aromatic carbocycles. The number of carbonyl (C=O) groups excluding carboxylic acids is 1. The van der Waals surface area contributed by atoms with Crippen LogP contribution in [0.25, 0.3) is 0 Å². The normalized spacial score (nSPS) is 19.4. The van der Waals surface area contributed by atoms with Crippen molar-refractivity contribution < 1.29 is 22.7 Å². The first-order valence-electron chi connectivity index (χ1n) is 10.8. The molecule has 1 aliphatic heterocycles. The third kappa shape index (κ3) is 5.61. The van der Waals surface area contributed by atoms with Gasteiger partial charge in [0.2, 0.25) is 10.0 Å². The summed E-state index contributed by atoms with van der Waals surface area (Å²) in [6, 6.07) is 12.2. The topological polar surface area (TPSA) is 84.9 Å². The van der Waals surface area contributed by atoms with Crippen LogP contribution in [0.2, 0.25) is 0 Å². The van der Waals surface area contributed by atoms with Gasteiger partial charge in [-0.25, -0.2) is 8.42 Å². The van der Waals surface area contributed by atoms with Crippen molar-refractivity contribution in [1.82, 2.24) is 9.62 Å². The van der Waals surface area contributed by atoms with Gasteiger partial charge in [-0.3, -0.25) is 4.79 Å². The number of hydrogen-bond donors (Lipinski definition) is 1. The smallest absolute Gasteiger partial charge is 0.251 e. The van der Waals surface area contributed by atoms with Gasteiger partial charge >= 0.3 is 0 Å². The number of benzene rings is 2. The molecule has 3 rings (SSSR count). The second-order valence-electron chi connectivity index (χ2n) is 8.49. The number of nitrogens with zero attached hydrogens (tertiary/aromatic N) is 1. The van der Waals surface area contributed by atoms with Crippen LogP contribution in [0.15, 0.2) is 47.4 Å². The van der Waals surface area contributed by atoms with Crippen molar-refractivity contribution in [1.29, 1.82) is 0 Å². The van der Waals surface area contributed by atoms with Gasteiger partial charge in [0.15, 0.2) is 0 Å². The van der Waals surface area contributed by atoms with Crippen molar-refractivity contribution in [3.8, 4) is 11.5 Å². The zero-order chi connectivity index (χ0) is 23.3. The molecule has 1 amide bonds. The van der Waals surface area contributed by atoms with Crippen molar-refractivity contribution in [2.24, 2.45) is 11.8 Å². The van der Waals surface area contributed by atoms with Gasteiger partial charge in [-0.05, 0) is 60.6 Å². The first kappa shape index (κ1) is 24.1. The molecular weight excluding hydrogens is 428 g/mol. The maximum Gasteiger partial charge on any atom is 0.251 e. The highest BCUT2D eigenvalue weighted by molar-refractivity contribution is 7.89. The van der Waals surface area contributed by atoms with Gasteiger partial charge in [-0.2, -0.15) is 4.31 Å². The summed E-state index contributed by atoms with van der Waals surface area (Å²) in [5.74, 6) is 1.26. The van der Waals surface area contributed by atoms with Crippen molar-refractivity contribution in [3.63, 3.8) is 0 Å². The predicted molar refractivity (Wildman–Crippen MR) is 124 cm³/mol. The fourth-order valence-electron chi connectivity index (χ4n) is 4.18. The Morgan fingerprint density at radius 2 is 1.69 bits per heavy atom. The van der Waals surface area contributed by atoms with E-state index in [2.05, 4.69) is 19.2 Å². The van der Waals surface area contributed by atoms with Crippen LogP contribution in [0.1, 0.15) is 36.2 Å². The number of methoxy groups -OCH3 is 2. The maximum atomic E-state index is 13.4. The van der Waals surface area contributed by atoms with Gasteiger partial charge in [0.1, 0.15) is 16.4 Å². The summed E-state index contributed by atoms with van der Waals surface area (Å²) < 4.78 is 38.8. The Kier molecular flexibility index (Phi) is 7.79.